The fourth-order valence-electron chi connectivity index (χ4n) is 3.65. The Morgan fingerprint density at radius 1 is 0.944 bits per heavy atom. The van der Waals surface area contributed by atoms with E-state index in [1.165, 1.54) is 58.0 Å². The van der Waals surface area contributed by atoms with Gasteiger partial charge in [0.25, 0.3) is 0 Å². The Labute approximate surface area is 114 Å². The highest BCUT2D eigenvalue weighted by Crippen LogP contribution is 2.27. The van der Waals surface area contributed by atoms with Crippen LogP contribution >= 0.6 is 0 Å². The van der Waals surface area contributed by atoms with Crippen LogP contribution in [0.4, 0.5) is 0 Å². The van der Waals surface area contributed by atoms with Gasteiger partial charge < -0.3 is 10.2 Å². The summed E-state index contributed by atoms with van der Waals surface area (Å²) in [6.45, 7) is 9.57. The van der Waals surface area contributed by atoms with Gasteiger partial charge in [0.1, 0.15) is 0 Å². The Hall–Kier alpha value is -0.0800. The number of hydrogen-bond acceptors (Lipinski definition) is 2. The van der Waals surface area contributed by atoms with Crippen molar-refractivity contribution in [3.05, 3.63) is 0 Å². The van der Waals surface area contributed by atoms with Crippen LogP contribution in [0, 0.1) is 5.92 Å². The quantitative estimate of drug-likeness (QED) is 0.825. The van der Waals surface area contributed by atoms with Crippen molar-refractivity contribution in [2.24, 2.45) is 5.92 Å². The van der Waals surface area contributed by atoms with Crippen LogP contribution < -0.4 is 5.32 Å². The average molecular weight is 252 g/mol. The van der Waals surface area contributed by atoms with E-state index < -0.39 is 0 Å². The molecule has 0 atom stereocenters. The van der Waals surface area contributed by atoms with Crippen LogP contribution in [0.1, 0.15) is 65.7 Å². The number of nitrogens with zero attached hydrogens (tertiary/aromatic N) is 1. The third-order valence-electron chi connectivity index (χ3n) is 5.16. The van der Waals surface area contributed by atoms with E-state index in [0.717, 1.165) is 24.0 Å². The summed E-state index contributed by atoms with van der Waals surface area (Å²) in [6, 6.07) is 2.34. The van der Waals surface area contributed by atoms with Crippen LogP contribution in [-0.2, 0) is 0 Å². The minimum Gasteiger partial charge on any atom is -0.311 e. The third-order valence-corrected chi connectivity index (χ3v) is 5.16. The predicted octanol–water partition coefficient (Wildman–Crippen LogP) is 3.42. The smallest absolute Gasteiger partial charge is 0.00940 e. The van der Waals surface area contributed by atoms with E-state index in [9.17, 15) is 0 Å². The standard InChI is InChI=1S/C16H32N2/c1-4-14-5-7-15(8-6-14)17-16-9-11-18(12-10-16)13(2)3/h13-17H,4-12H2,1-3H3. The number of hydrogen-bond donors (Lipinski definition) is 1. The van der Waals surface area contributed by atoms with Crippen LogP contribution in [0.2, 0.25) is 0 Å². The molecular formula is C16H32N2. The van der Waals surface area contributed by atoms with E-state index in [-0.39, 0.29) is 0 Å². The summed E-state index contributed by atoms with van der Waals surface area (Å²) < 4.78 is 0. The van der Waals surface area contributed by atoms with Crippen LogP contribution in [0.5, 0.6) is 0 Å². The zero-order valence-electron chi connectivity index (χ0n) is 12.6. The molecule has 0 aromatic carbocycles. The number of likely N-dealkylation sites (tertiary alicyclic amines) is 1. The fourth-order valence-corrected chi connectivity index (χ4v) is 3.65. The van der Waals surface area contributed by atoms with Crippen LogP contribution in [0.25, 0.3) is 0 Å². The lowest BCUT2D eigenvalue weighted by Crippen LogP contribution is -2.48. The van der Waals surface area contributed by atoms with Crippen LogP contribution in [0.3, 0.4) is 0 Å². The molecule has 1 saturated carbocycles. The molecule has 2 fully saturated rings. The highest BCUT2D eigenvalue weighted by Gasteiger charge is 2.25. The Kier molecular flexibility index (Phi) is 5.50. The molecule has 0 spiro atoms. The van der Waals surface area contributed by atoms with Crippen molar-refractivity contribution in [1.82, 2.24) is 10.2 Å². The van der Waals surface area contributed by atoms with Gasteiger partial charge in [-0.25, -0.2) is 0 Å². The molecule has 2 nitrogen and oxygen atoms in total. The van der Waals surface area contributed by atoms with Crippen molar-refractivity contribution >= 4 is 0 Å². The zero-order chi connectivity index (χ0) is 13.0. The van der Waals surface area contributed by atoms with Gasteiger partial charge in [0.15, 0.2) is 0 Å². The van der Waals surface area contributed by atoms with Gasteiger partial charge in [0.05, 0.1) is 0 Å². The largest absolute Gasteiger partial charge is 0.311 e. The molecule has 0 bridgehead atoms. The summed E-state index contributed by atoms with van der Waals surface area (Å²) in [4.78, 5) is 2.62. The second kappa shape index (κ2) is 6.91. The normalized spacial score (nSPS) is 32.0. The number of piperidine rings is 1. The molecular weight excluding hydrogens is 220 g/mol. The van der Waals surface area contributed by atoms with E-state index in [1.807, 2.05) is 0 Å². The van der Waals surface area contributed by atoms with Crippen molar-refractivity contribution < 1.29 is 0 Å². The van der Waals surface area contributed by atoms with Crippen molar-refractivity contribution in [3.63, 3.8) is 0 Å². The maximum Gasteiger partial charge on any atom is 0.00940 e. The van der Waals surface area contributed by atoms with Gasteiger partial charge in [-0.3, -0.25) is 0 Å². The summed E-state index contributed by atoms with van der Waals surface area (Å²) in [5.41, 5.74) is 0. The van der Waals surface area contributed by atoms with Gasteiger partial charge in [0.2, 0.25) is 0 Å². The Balaban J connectivity index is 1.66. The second-order valence-corrected chi connectivity index (χ2v) is 6.70. The van der Waals surface area contributed by atoms with Gasteiger partial charge in [-0.05, 0) is 71.4 Å². The molecule has 2 aliphatic rings. The molecule has 106 valence electrons. The molecule has 0 radical (unpaired) electrons. The summed E-state index contributed by atoms with van der Waals surface area (Å²) in [5, 5.41) is 3.94. The summed E-state index contributed by atoms with van der Waals surface area (Å²) in [6.07, 6.45) is 9.85. The minimum atomic E-state index is 0.728. The molecule has 18 heavy (non-hydrogen) atoms. The number of rotatable bonds is 4. The SMILES string of the molecule is CCC1CCC(NC2CCN(C(C)C)CC2)CC1. The van der Waals surface area contributed by atoms with E-state index in [4.69, 9.17) is 0 Å². The summed E-state index contributed by atoms with van der Waals surface area (Å²) in [5.74, 6) is 1.02. The first kappa shape index (κ1) is 14.3. The lowest BCUT2D eigenvalue weighted by molar-refractivity contribution is 0.149. The highest BCUT2D eigenvalue weighted by molar-refractivity contribution is 4.84. The second-order valence-electron chi connectivity index (χ2n) is 6.70. The first-order valence-electron chi connectivity index (χ1n) is 8.19. The monoisotopic (exact) mass is 252 g/mol. The van der Waals surface area contributed by atoms with Crippen molar-refractivity contribution in [2.75, 3.05) is 13.1 Å². The summed E-state index contributed by atoms with van der Waals surface area (Å²) >= 11 is 0. The molecule has 0 aromatic rings. The molecule has 1 aliphatic carbocycles. The van der Waals surface area contributed by atoms with Crippen molar-refractivity contribution in [1.29, 1.82) is 0 Å². The predicted molar refractivity (Wildman–Crippen MR) is 78.9 cm³/mol. The van der Waals surface area contributed by atoms with Crippen LogP contribution in [-0.4, -0.2) is 36.1 Å². The zero-order valence-corrected chi connectivity index (χ0v) is 12.6. The lowest BCUT2D eigenvalue weighted by Gasteiger charge is -2.38. The minimum absolute atomic E-state index is 0.728. The highest BCUT2D eigenvalue weighted by atomic mass is 15.2. The molecule has 0 unspecified atom stereocenters. The molecule has 1 saturated heterocycles. The maximum atomic E-state index is 3.94. The molecule has 0 aromatic heterocycles. The average Bonchev–Trinajstić information content (AvgIpc) is 2.40. The van der Waals surface area contributed by atoms with E-state index in [1.54, 1.807) is 0 Å². The van der Waals surface area contributed by atoms with E-state index in [0.29, 0.717) is 0 Å². The van der Waals surface area contributed by atoms with Gasteiger partial charge >= 0.3 is 0 Å². The first-order valence-corrected chi connectivity index (χ1v) is 8.19. The summed E-state index contributed by atoms with van der Waals surface area (Å²) in [7, 11) is 0. The molecule has 1 heterocycles. The third kappa shape index (κ3) is 3.96. The maximum absolute atomic E-state index is 3.94. The van der Waals surface area contributed by atoms with Crippen LogP contribution in [0.15, 0.2) is 0 Å². The van der Waals surface area contributed by atoms with Crippen molar-refractivity contribution in [2.45, 2.75) is 83.8 Å². The van der Waals surface area contributed by atoms with E-state index in [2.05, 4.69) is 31.0 Å². The molecule has 2 rings (SSSR count). The molecule has 1 N–H and O–H groups in total. The van der Waals surface area contributed by atoms with Crippen molar-refractivity contribution in [3.8, 4) is 0 Å². The Morgan fingerprint density at radius 3 is 2.00 bits per heavy atom. The molecule has 0 amide bonds. The first-order chi connectivity index (χ1) is 8.69. The lowest BCUT2D eigenvalue weighted by atomic mass is 9.84. The number of nitrogens with one attached hydrogen (secondary N) is 1. The topological polar surface area (TPSA) is 15.3 Å². The van der Waals surface area contributed by atoms with Gasteiger partial charge in [-0.1, -0.05) is 13.3 Å². The Bertz CT molecular complexity index is 223. The fraction of sp³-hybridized carbons (Fsp3) is 1.00. The van der Waals surface area contributed by atoms with Gasteiger partial charge in [0, 0.05) is 18.1 Å². The molecule has 1 aliphatic heterocycles. The van der Waals surface area contributed by atoms with Gasteiger partial charge in [-0.15, -0.1) is 0 Å². The van der Waals surface area contributed by atoms with Gasteiger partial charge in [-0.2, -0.15) is 0 Å². The van der Waals surface area contributed by atoms with E-state index >= 15 is 0 Å². The Morgan fingerprint density at radius 2 is 1.50 bits per heavy atom. The molecule has 2 heteroatoms.